The Bertz CT molecular complexity index is 759. The number of hydrogen-bond donors (Lipinski definition) is 0. The highest BCUT2D eigenvalue weighted by Crippen LogP contribution is 2.25. The second-order valence-corrected chi connectivity index (χ2v) is 8.44. The first-order valence-corrected chi connectivity index (χ1v) is 8.99. The third-order valence-electron chi connectivity index (χ3n) is 3.78. The molecule has 0 aliphatic carbocycles. The second-order valence-electron chi connectivity index (χ2n) is 6.50. The number of aryl methyl sites for hydroxylation is 1. The zero-order valence-corrected chi connectivity index (χ0v) is 15.0. The Morgan fingerprint density at radius 2 is 1.74 bits per heavy atom. The molecule has 126 valence electrons. The first-order valence-electron chi connectivity index (χ1n) is 7.55. The average Bonchev–Trinajstić information content (AvgIpc) is 2.89. The lowest BCUT2D eigenvalue weighted by atomic mass is 9.87. The van der Waals surface area contributed by atoms with Gasteiger partial charge in [-0.1, -0.05) is 50.1 Å². The van der Waals surface area contributed by atoms with E-state index in [0.717, 1.165) is 5.56 Å². The maximum Gasteiger partial charge on any atom is 0.243 e. The van der Waals surface area contributed by atoms with E-state index in [-0.39, 0.29) is 16.9 Å². The molecule has 1 aromatic carbocycles. The minimum absolute atomic E-state index is 0.0176. The van der Waals surface area contributed by atoms with Gasteiger partial charge in [0.2, 0.25) is 10.0 Å². The van der Waals surface area contributed by atoms with Crippen molar-refractivity contribution in [3.05, 3.63) is 41.2 Å². The maximum absolute atomic E-state index is 12.8. The van der Waals surface area contributed by atoms with Crippen molar-refractivity contribution in [2.75, 3.05) is 6.54 Å². The van der Waals surface area contributed by atoms with Crippen LogP contribution in [0.5, 0.6) is 0 Å². The van der Waals surface area contributed by atoms with Gasteiger partial charge in [-0.05, 0) is 30.0 Å². The largest absolute Gasteiger partial charge is 0.244 e. The molecule has 0 saturated heterocycles. The lowest BCUT2D eigenvalue weighted by molar-refractivity contribution is 0.296. The zero-order valence-electron chi connectivity index (χ0n) is 14.2. The molecule has 2 aromatic rings. The van der Waals surface area contributed by atoms with Crippen LogP contribution < -0.4 is 0 Å². The van der Waals surface area contributed by atoms with E-state index in [0.29, 0.717) is 17.9 Å². The first-order chi connectivity index (χ1) is 10.7. The smallest absolute Gasteiger partial charge is 0.243 e. The maximum atomic E-state index is 12.8. The fourth-order valence-corrected chi connectivity index (χ4v) is 3.61. The van der Waals surface area contributed by atoms with Crippen LogP contribution in [0.1, 0.15) is 44.6 Å². The normalized spacial score (nSPS) is 12.8. The lowest BCUT2D eigenvalue weighted by Crippen LogP contribution is -2.31. The molecule has 0 radical (unpaired) electrons. The van der Waals surface area contributed by atoms with Crippen LogP contribution in [0, 0.1) is 6.92 Å². The zero-order chi connectivity index (χ0) is 17.3. The highest BCUT2D eigenvalue weighted by Gasteiger charge is 2.25. The van der Waals surface area contributed by atoms with E-state index in [1.807, 2.05) is 12.1 Å². The fourth-order valence-electron chi connectivity index (χ4n) is 2.20. The molecule has 0 spiro atoms. The average molecular weight is 337 g/mol. The van der Waals surface area contributed by atoms with Crippen molar-refractivity contribution in [3.8, 4) is 0 Å². The summed E-state index contributed by atoms with van der Waals surface area (Å²) < 4.78 is 31.6. The monoisotopic (exact) mass is 337 g/mol. The summed E-state index contributed by atoms with van der Waals surface area (Å²) in [7, 11) is -3.58. The molecule has 0 aliphatic rings. The van der Waals surface area contributed by atoms with E-state index < -0.39 is 10.0 Å². The quantitative estimate of drug-likeness (QED) is 0.838. The summed E-state index contributed by atoms with van der Waals surface area (Å²) in [6, 6.07) is 7.05. The van der Waals surface area contributed by atoms with Gasteiger partial charge >= 0.3 is 0 Å². The molecule has 0 bridgehead atoms. The van der Waals surface area contributed by atoms with Crippen molar-refractivity contribution in [2.45, 2.75) is 51.5 Å². The minimum Gasteiger partial charge on any atom is -0.244 e. The predicted octanol–water partition coefficient (Wildman–Crippen LogP) is 2.89. The summed E-state index contributed by atoms with van der Waals surface area (Å²) in [5, 5.41) is 7.45. The summed E-state index contributed by atoms with van der Waals surface area (Å²) in [6.07, 6.45) is 0. The standard InChI is InChI=1S/C16H23N3O3S/c1-6-19(11-15-12(2)17-22-18-15)23(20,21)14-9-7-13(8-10-14)16(3,4)5/h7-10H,6,11H2,1-5H3. The van der Waals surface area contributed by atoms with Gasteiger partial charge in [0.05, 0.1) is 11.4 Å². The molecule has 7 heteroatoms. The van der Waals surface area contributed by atoms with Crippen molar-refractivity contribution in [1.29, 1.82) is 0 Å². The van der Waals surface area contributed by atoms with E-state index >= 15 is 0 Å². The molecule has 6 nitrogen and oxygen atoms in total. The number of hydrogen-bond acceptors (Lipinski definition) is 5. The highest BCUT2D eigenvalue weighted by molar-refractivity contribution is 7.89. The highest BCUT2D eigenvalue weighted by atomic mass is 32.2. The molecule has 1 aromatic heterocycles. The van der Waals surface area contributed by atoms with Gasteiger partial charge in [0.25, 0.3) is 0 Å². The van der Waals surface area contributed by atoms with Crippen LogP contribution in [-0.2, 0) is 22.0 Å². The number of benzene rings is 1. The Balaban J connectivity index is 2.30. The van der Waals surface area contributed by atoms with Crippen LogP contribution in [0.25, 0.3) is 0 Å². The predicted molar refractivity (Wildman–Crippen MR) is 87.4 cm³/mol. The van der Waals surface area contributed by atoms with Crippen LogP contribution in [0.4, 0.5) is 0 Å². The molecule has 0 N–H and O–H groups in total. The molecular formula is C16H23N3O3S. The molecule has 0 unspecified atom stereocenters. The first kappa shape index (κ1) is 17.6. The Morgan fingerprint density at radius 3 is 2.17 bits per heavy atom. The van der Waals surface area contributed by atoms with E-state index in [1.54, 1.807) is 26.0 Å². The Hall–Kier alpha value is -1.73. The molecular weight excluding hydrogens is 314 g/mol. The van der Waals surface area contributed by atoms with Gasteiger partial charge in [0.1, 0.15) is 11.4 Å². The van der Waals surface area contributed by atoms with Crippen LogP contribution in [0.15, 0.2) is 33.8 Å². The molecule has 1 heterocycles. The van der Waals surface area contributed by atoms with Crippen molar-refractivity contribution >= 4 is 10.0 Å². The van der Waals surface area contributed by atoms with E-state index in [9.17, 15) is 8.42 Å². The molecule has 0 atom stereocenters. The molecule has 23 heavy (non-hydrogen) atoms. The summed E-state index contributed by atoms with van der Waals surface area (Å²) >= 11 is 0. The van der Waals surface area contributed by atoms with Crippen molar-refractivity contribution in [1.82, 2.24) is 14.6 Å². The van der Waals surface area contributed by atoms with E-state index in [2.05, 4.69) is 35.7 Å². The lowest BCUT2D eigenvalue weighted by Gasteiger charge is -2.22. The third-order valence-corrected chi connectivity index (χ3v) is 5.72. The SMILES string of the molecule is CCN(Cc1nonc1C)S(=O)(=O)c1ccc(C(C)(C)C)cc1. The molecule has 0 saturated carbocycles. The fraction of sp³-hybridized carbons (Fsp3) is 0.500. The van der Waals surface area contributed by atoms with E-state index in [4.69, 9.17) is 0 Å². The number of sulfonamides is 1. The Kier molecular flexibility index (Phi) is 4.91. The summed E-state index contributed by atoms with van der Waals surface area (Å²) in [5.41, 5.74) is 2.20. The van der Waals surface area contributed by atoms with Crippen molar-refractivity contribution in [2.24, 2.45) is 0 Å². The van der Waals surface area contributed by atoms with Gasteiger partial charge in [0.15, 0.2) is 0 Å². The van der Waals surface area contributed by atoms with Gasteiger partial charge in [-0.25, -0.2) is 13.0 Å². The molecule has 0 fully saturated rings. The van der Waals surface area contributed by atoms with Crippen LogP contribution in [-0.4, -0.2) is 29.6 Å². The van der Waals surface area contributed by atoms with Gasteiger partial charge in [-0.2, -0.15) is 4.31 Å². The Morgan fingerprint density at radius 1 is 1.13 bits per heavy atom. The van der Waals surface area contributed by atoms with E-state index in [1.165, 1.54) is 4.31 Å². The Labute approximate surface area is 137 Å². The van der Waals surface area contributed by atoms with Gasteiger partial charge in [-0.15, -0.1) is 0 Å². The summed E-state index contributed by atoms with van der Waals surface area (Å²) in [5.74, 6) is 0. The third kappa shape index (κ3) is 3.79. The summed E-state index contributed by atoms with van der Waals surface area (Å²) in [4.78, 5) is 0.279. The van der Waals surface area contributed by atoms with Crippen LogP contribution in [0.2, 0.25) is 0 Å². The number of nitrogens with zero attached hydrogens (tertiary/aromatic N) is 3. The molecule has 0 aliphatic heterocycles. The topological polar surface area (TPSA) is 76.3 Å². The number of rotatable bonds is 5. The van der Waals surface area contributed by atoms with Gasteiger partial charge in [-0.3, -0.25) is 0 Å². The molecule has 0 amide bonds. The van der Waals surface area contributed by atoms with Crippen LogP contribution in [0.3, 0.4) is 0 Å². The van der Waals surface area contributed by atoms with Gasteiger partial charge in [0, 0.05) is 6.54 Å². The van der Waals surface area contributed by atoms with Gasteiger partial charge < -0.3 is 0 Å². The molecule has 2 rings (SSSR count). The number of aromatic nitrogens is 2. The van der Waals surface area contributed by atoms with Crippen LogP contribution >= 0.6 is 0 Å². The van der Waals surface area contributed by atoms with Crippen molar-refractivity contribution < 1.29 is 13.0 Å². The van der Waals surface area contributed by atoms with Crippen molar-refractivity contribution in [3.63, 3.8) is 0 Å². The second kappa shape index (κ2) is 6.41. The summed E-state index contributed by atoms with van der Waals surface area (Å²) in [6.45, 7) is 10.3. The minimum atomic E-state index is -3.58.